The predicted octanol–water partition coefficient (Wildman–Crippen LogP) is 3.56. The van der Waals surface area contributed by atoms with Crippen LogP contribution in [-0.4, -0.2) is 4.92 Å². The zero-order valence-corrected chi connectivity index (χ0v) is 12.8. The summed E-state index contributed by atoms with van der Waals surface area (Å²) in [7, 11) is 0. The van der Waals surface area contributed by atoms with E-state index >= 15 is 0 Å². The quantitative estimate of drug-likeness (QED) is 0.566. The first kappa shape index (κ1) is 14.8. The van der Waals surface area contributed by atoms with E-state index in [4.69, 9.17) is 14.9 Å². The maximum Gasteiger partial charge on any atom is 0.433 e. The summed E-state index contributed by atoms with van der Waals surface area (Å²) in [6, 6.07) is 16.1. The molecule has 2 heterocycles. The molecule has 1 aliphatic heterocycles. The van der Waals surface area contributed by atoms with Gasteiger partial charge in [0.1, 0.15) is 28.1 Å². The van der Waals surface area contributed by atoms with Crippen molar-refractivity contribution in [3.63, 3.8) is 0 Å². The molecule has 0 radical (unpaired) electrons. The Labute approximate surface area is 141 Å². The third-order valence-electron chi connectivity index (χ3n) is 4.18. The highest BCUT2D eigenvalue weighted by Gasteiger charge is 2.34. The van der Waals surface area contributed by atoms with Crippen LogP contribution in [0.2, 0.25) is 0 Å². The number of allylic oxidation sites excluding steroid dienone is 1. The molecule has 7 heteroatoms. The van der Waals surface area contributed by atoms with Crippen LogP contribution in [-0.2, 0) is 0 Å². The lowest BCUT2D eigenvalue weighted by molar-refractivity contribution is -0.402. The molecule has 0 unspecified atom stereocenters. The van der Waals surface area contributed by atoms with Gasteiger partial charge < -0.3 is 14.9 Å². The molecule has 0 fully saturated rings. The summed E-state index contributed by atoms with van der Waals surface area (Å²) >= 11 is 0. The van der Waals surface area contributed by atoms with Gasteiger partial charge in [-0.15, -0.1) is 0 Å². The van der Waals surface area contributed by atoms with Gasteiger partial charge in [0.05, 0.1) is 12.0 Å². The summed E-state index contributed by atoms with van der Waals surface area (Å²) in [5, 5.41) is 22.2. The molecule has 0 spiro atoms. The van der Waals surface area contributed by atoms with Crippen LogP contribution in [0.1, 0.15) is 17.2 Å². The number of hydrogen-bond donors (Lipinski definition) is 1. The first-order chi connectivity index (χ1) is 12.1. The van der Waals surface area contributed by atoms with Crippen molar-refractivity contribution in [2.45, 2.75) is 5.92 Å². The van der Waals surface area contributed by atoms with Gasteiger partial charge in [-0.3, -0.25) is 10.1 Å². The van der Waals surface area contributed by atoms with Gasteiger partial charge in [0.25, 0.3) is 0 Å². The smallest absolute Gasteiger partial charge is 0.433 e. The van der Waals surface area contributed by atoms with Gasteiger partial charge in [0, 0.05) is 10.9 Å². The molecule has 7 nitrogen and oxygen atoms in total. The third-order valence-corrected chi connectivity index (χ3v) is 4.18. The molecule has 0 saturated heterocycles. The zero-order chi connectivity index (χ0) is 17.6. The van der Waals surface area contributed by atoms with Gasteiger partial charge in [-0.25, -0.2) is 0 Å². The van der Waals surface area contributed by atoms with E-state index in [0.717, 1.165) is 10.8 Å². The minimum atomic E-state index is -0.660. The number of fused-ring (bicyclic) bond motifs is 3. The fourth-order valence-electron chi connectivity index (χ4n) is 3.07. The van der Waals surface area contributed by atoms with E-state index in [0.29, 0.717) is 11.3 Å². The monoisotopic (exact) mass is 333 g/mol. The molecule has 1 aliphatic rings. The average Bonchev–Trinajstić information content (AvgIpc) is 3.10. The van der Waals surface area contributed by atoms with Crippen LogP contribution in [0.4, 0.5) is 5.88 Å². The summed E-state index contributed by atoms with van der Waals surface area (Å²) in [6.07, 6.45) is 0. The van der Waals surface area contributed by atoms with E-state index in [-0.39, 0.29) is 23.1 Å². The SMILES string of the molecule is N#CC1=C(N)Oc2c(ccc3ccccc23)[C@@H]1c1ccc([N+](=O)[O-])o1. The number of rotatable bonds is 2. The molecule has 25 heavy (non-hydrogen) atoms. The van der Waals surface area contributed by atoms with E-state index in [9.17, 15) is 15.4 Å². The van der Waals surface area contributed by atoms with Crippen molar-refractivity contribution in [2.24, 2.45) is 5.73 Å². The molecule has 0 aliphatic carbocycles. The zero-order valence-electron chi connectivity index (χ0n) is 12.8. The molecule has 2 aromatic carbocycles. The lowest BCUT2D eigenvalue weighted by Crippen LogP contribution is -2.21. The standard InChI is InChI=1S/C18H11N3O4/c19-9-13-16(14-7-8-15(24-14)21(22)23)12-6-5-10-3-1-2-4-11(10)17(12)25-18(13)20/h1-8,16H,20H2/t16-/m0/s1. The molecule has 0 amide bonds. The maximum atomic E-state index is 10.9. The molecule has 3 aromatic rings. The fraction of sp³-hybridized carbons (Fsp3) is 0.0556. The summed E-state index contributed by atoms with van der Waals surface area (Å²) in [4.78, 5) is 10.3. The highest BCUT2D eigenvalue weighted by molar-refractivity contribution is 5.90. The molecule has 122 valence electrons. The summed E-state index contributed by atoms with van der Waals surface area (Å²) in [5.74, 6) is -0.285. The fourth-order valence-corrected chi connectivity index (χ4v) is 3.07. The molecular formula is C18H11N3O4. The van der Waals surface area contributed by atoms with Gasteiger partial charge in [-0.1, -0.05) is 36.4 Å². The van der Waals surface area contributed by atoms with E-state index in [1.807, 2.05) is 42.5 Å². The lowest BCUT2D eigenvalue weighted by Gasteiger charge is -2.25. The number of hydrogen-bond acceptors (Lipinski definition) is 6. The van der Waals surface area contributed by atoms with Crippen molar-refractivity contribution in [2.75, 3.05) is 0 Å². The second-order valence-corrected chi connectivity index (χ2v) is 5.56. The Hall–Kier alpha value is -3.79. The minimum Gasteiger partial charge on any atom is -0.440 e. The Morgan fingerprint density at radius 2 is 1.96 bits per heavy atom. The number of ether oxygens (including phenoxy) is 1. The Balaban J connectivity index is 1.98. The number of nitriles is 1. The van der Waals surface area contributed by atoms with Crippen LogP contribution in [0.5, 0.6) is 5.75 Å². The first-order valence-corrected chi connectivity index (χ1v) is 7.43. The van der Waals surface area contributed by atoms with E-state index in [1.54, 1.807) is 0 Å². The van der Waals surface area contributed by atoms with E-state index < -0.39 is 10.8 Å². The van der Waals surface area contributed by atoms with E-state index in [2.05, 4.69) is 0 Å². The second-order valence-electron chi connectivity index (χ2n) is 5.56. The van der Waals surface area contributed by atoms with Crippen molar-refractivity contribution >= 4 is 16.7 Å². The summed E-state index contributed by atoms with van der Waals surface area (Å²) < 4.78 is 11.1. The van der Waals surface area contributed by atoms with Crippen molar-refractivity contribution < 1.29 is 14.1 Å². The van der Waals surface area contributed by atoms with E-state index in [1.165, 1.54) is 12.1 Å². The number of nitro groups is 1. The third kappa shape index (κ3) is 2.20. The molecule has 0 bridgehead atoms. The minimum absolute atomic E-state index is 0.0320. The van der Waals surface area contributed by atoms with Crippen molar-refractivity contribution in [3.8, 4) is 11.8 Å². The van der Waals surface area contributed by atoms with Crippen molar-refractivity contribution in [1.82, 2.24) is 0 Å². The predicted molar refractivity (Wildman–Crippen MR) is 88.6 cm³/mol. The highest BCUT2D eigenvalue weighted by Crippen LogP contribution is 2.45. The Bertz CT molecular complexity index is 1090. The Morgan fingerprint density at radius 1 is 1.16 bits per heavy atom. The van der Waals surface area contributed by atoms with Crippen LogP contribution in [0.15, 0.2) is 64.4 Å². The Morgan fingerprint density at radius 3 is 2.68 bits per heavy atom. The first-order valence-electron chi connectivity index (χ1n) is 7.43. The van der Waals surface area contributed by atoms with Crippen LogP contribution in [0, 0.1) is 21.4 Å². The second kappa shape index (κ2) is 5.39. The lowest BCUT2D eigenvalue weighted by atomic mass is 9.86. The normalized spacial score (nSPS) is 16.2. The summed E-state index contributed by atoms with van der Waals surface area (Å²) in [5.41, 5.74) is 6.78. The maximum absolute atomic E-state index is 10.9. The molecule has 1 atom stereocenters. The molecule has 4 rings (SSSR count). The van der Waals surface area contributed by atoms with Crippen molar-refractivity contribution in [3.05, 3.63) is 81.4 Å². The average molecular weight is 333 g/mol. The molecular weight excluding hydrogens is 322 g/mol. The Kier molecular flexibility index (Phi) is 3.18. The number of nitrogens with zero attached hydrogens (tertiary/aromatic N) is 2. The van der Waals surface area contributed by atoms with Crippen LogP contribution in [0.3, 0.4) is 0 Å². The molecule has 1 aromatic heterocycles. The van der Waals surface area contributed by atoms with Crippen LogP contribution >= 0.6 is 0 Å². The van der Waals surface area contributed by atoms with Crippen LogP contribution in [0.25, 0.3) is 10.8 Å². The van der Waals surface area contributed by atoms with Crippen LogP contribution < -0.4 is 10.5 Å². The number of benzene rings is 2. The topological polar surface area (TPSA) is 115 Å². The van der Waals surface area contributed by atoms with Gasteiger partial charge in [0.2, 0.25) is 5.88 Å². The largest absolute Gasteiger partial charge is 0.440 e. The molecule has 2 N–H and O–H groups in total. The van der Waals surface area contributed by atoms with Crippen molar-refractivity contribution in [1.29, 1.82) is 5.26 Å². The molecule has 0 saturated carbocycles. The van der Waals surface area contributed by atoms with Gasteiger partial charge in [-0.2, -0.15) is 5.26 Å². The van der Waals surface area contributed by atoms with Gasteiger partial charge in [-0.05, 0) is 11.5 Å². The number of furan rings is 1. The highest BCUT2D eigenvalue weighted by atomic mass is 16.6. The number of nitrogens with two attached hydrogens (primary N) is 1. The van der Waals surface area contributed by atoms with Gasteiger partial charge in [0.15, 0.2) is 0 Å². The van der Waals surface area contributed by atoms with Gasteiger partial charge >= 0.3 is 5.88 Å². The summed E-state index contributed by atoms with van der Waals surface area (Å²) in [6.45, 7) is 0.